The number of thiophene rings is 1. The SMILES string of the molecule is CCOC(=O)c1sc(N)c(C#N)c1COC(=O)c1ccc(SC(F)F)cc1. The molecule has 0 unspecified atom stereocenters. The summed E-state index contributed by atoms with van der Waals surface area (Å²) in [6.45, 7) is 1.42. The number of thioether (sulfide) groups is 1. The zero-order valence-electron chi connectivity index (χ0n) is 14.0. The zero-order chi connectivity index (χ0) is 20.0. The van der Waals surface area contributed by atoms with E-state index in [-0.39, 0.29) is 39.8 Å². The van der Waals surface area contributed by atoms with E-state index in [0.717, 1.165) is 11.3 Å². The first-order valence-electron chi connectivity index (χ1n) is 7.57. The lowest BCUT2D eigenvalue weighted by Gasteiger charge is -2.07. The molecular weight excluding hydrogens is 398 g/mol. The topological polar surface area (TPSA) is 102 Å². The maximum absolute atomic E-state index is 12.3. The third-order valence-corrected chi connectivity index (χ3v) is 5.03. The smallest absolute Gasteiger partial charge is 0.348 e. The van der Waals surface area contributed by atoms with Crippen molar-refractivity contribution in [3.63, 3.8) is 0 Å². The van der Waals surface area contributed by atoms with Crippen LogP contribution in [0.2, 0.25) is 0 Å². The van der Waals surface area contributed by atoms with E-state index in [4.69, 9.17) is 15.2 Å². The van der Waals surface area contributed by atoms with Crippen LogP contribution in [0.5, 0.6) is 0 Å². The fourth-order valence-electron chi connectivity index (χ4n) is 2.10. The van der Waals surface area contributed by atoms with Gasteiger partial charge < -0.3 is 15.2 Å². The molecule has 0 aliphatic rings. The second kappa shape index (κ2) is 9.34. The van der Waals surface area contributed by atoms with Crippen LogP contribution in [0.3, 0.4) is 0 Å². The van der Waals surface area contributed by atoms with Gasteiger partial charge in [0.05, 0.1) is 17.7 Å². The van der Waals surface area contributed by atoms with Crippen molar-refractivity contribution in [1.29, 1.82) is 5.26 Å². The number of hydrogen-bond acceptors (Lipinski definition) is 8. The van der Waals surface area contributed by atoms with Crippen LogP contribution in [0.15, 0.2) is 29.2 Å². The number of anilines is 1. The molecule has 1 aromatic carbocycles. The summed E-state index contributed by atoms with van der Waals surface area (Å²) in [6.07, 6.45) is 0. The number of esters is 2. The van der Waals surface area contributed by atoms with E-state index < -0.39 is 17.7 Å². The molecule has 0 saturated carbocycles. The minimum atomic E-state index is -2.56. The number of nitrogen functional groups attached to an aromatic ring is 1. The Morgan fingerprint density at radius 3 is 2.48 bits per heavy atom. The van der Waals surface area contributed by atoms with Gasteiger partial charge >= 0.3 is 11.9 Å². The number of benzene rings is 1. The number of alkyl halides is 2. The lowest BCUT2D eigenvalue weighted by atomic mass is 10.1. The predicted molar refractivity (Wildman–Crippen MR) is 96.8 cm³/mol. The first kappa shape index (κ1) is 20.7. The molecule has 0 aliphatic carbocycles. The van der Waals surface area contributed by atoms with Crippen molar-refractivity contribution >= 4 is 40.0 Å². The Balaban J connectivity index is 2.15. The minimum Gasteiger partial charge on any atom is -0.462 e. The van der Waals surface area contributed by atoms with Gasteiger partial charge in [0.1, 0.15) is 22.6 Å². The third kappa shape index (κ3) is 5.18. The molecule has 2 aromatic rings. The highest BCUT2D eigenvalue weighted by Gasteiger charge is 2.24. The Bertz CT molecular complexity index is 876. The molecule has 0 spiro atoms. The molecule has 1 heterocycles. The Morgan fingerprint density at radius 2 is 1.93 bits per heavy atom. The molecule has 1 aromatic heterocycles. The number of nitrogens with two attached hydrogens (primary N) is 1. The second-order valence-corrected chi connectivity index (χ2v) is 7.08. The Morgan fingerprint density at radius 1 is 1.26 bits per heavy atom. The lowest BCUT2D eigenvalue weighted by molar-refractivity contribution is 0.0452. The summed E-state index contributed by atoms with van der Waals surface area (Å²) in [5, 5.41) is 9.35. The first-order valence-corrected chi connectivity index (χ1v) is 9.27. The largest absolute Gasteiger partial charge is 0.462 e. The molecular formula is C17H14F2N2O4S2. The normalized spacial score (nSPS) is 10.5. The van der Waals surface area contributed by atoms with Crippen LogP contribution in [-0.2, 0) is 16.1 Å². The van der Waals surface area contributed by atoms with Gasteiger partial charge in [-0.05, 0) is 31.2 Å². The van der Waals surface area contributed by atoms with Crippen LogP contribution in [-0.4, -0.2) is 24.3 Å². The van der Waals surface area contributed by atoms with Crippen molar-refractivity contribution in [2.45, 2.75) is 24.2 Å². The van der Waals surface area contributed by atoms with Gasteiger partial charge in [-0.2, -0.15) is 14.0 Å². The number of nitrogens with zero attached hydrogens (tertiary/aromatic N) is 1. The van der Waals surface area contributed by atoms with Crippen LogP contribution < -0.4 is 5.73 Å². The van der Waals surface area contributed by atoms with E-state index in [1.165, 1.54) is 24.3 Å². The summed E-state index contributed by atoms with van der Waals surface area (Å²) < 4.78 is 34.7. The summed E-state index contributed by atoms with van der Waals surface area (Å²) in [7, 11) is 0. The summed E-state index contributed by atoms with van der Waals surface area (Å²) in [5.41, 5.74) is 6.12. The molecule has 2 rings (SSSR count). The molecule has 2 N–H and O–H groups in total. The molecule has 0 fully saturated rings. The molecule has 0 radical (unpaired) electrons. The van der Waals surface area contributed by atoms with Gasteiger partial charge in [0.15, 0.2) is 0 Å². The van der Waals surface area contributed by atoms with Crippen LogP contribution in [0.1, 0.15) is 38.1 Å². The Labute approximate surface area is 161 Å². The fourth-order valence-corrected chi connectivity index (χ4v) is 3.52. The second-order valence-electron chi connectivity index (χ2n) is 4.96. The minimum absolute atomic E-state index is 0.0551. The van der Waals surface area contributed by atoms with Crippen molar-refractivity contribution < 1.29 is 27.8 Å². The molecule has 0 saturated heterocycles. The van der Waals surface area contributed by atoms with Crippen molar-refractivity contribution in [2.24, 2.45) is 0 Å². The average molecular weight is 412 g/mol. The van der Waals surface area contributed by atoms with Gasteiger partial charge in [-0.1, -0.05) is 11.8 Å². The van der Waals surface area contributed by atoms with Gasteiger partial charge in [-0.25, -0.2) is 9.59 Å². The standard InChI is InChI=1S/C17H14F2N2O4S2/c1-2-24-16(23)13-12(11(7-20)14(21)27-13)8-25-15(22)9-3-5-10(6-4-9)26-17(18)19/h3-6,17H,2,8,21H2,1H3. The van der Waals surface area contributed by atoms with Crippen molar-refractivity contribution in [3.05, 3.63) is 45.8 Å². The summed E-state index contributed by atoms with van der Waals surface area (Å²) >= 11 is 1.25. The lowest BCUT2D eigenvalue weighted by Crippen LogP contribution is -2.10. The molecule has 0 atom stereocenters. The summed E-state index contributed by atoms with van der Waals surface area (Å²) in [6, 6.07) is 7.34. The number of ether oxygens (including phenoxy) is 2. The highest BCUT2D eigenvalue weighted by molar-refractivity contribution is 7.99. The molecule has 0 bridgehead atoms. The van der Waals surface area contributed by atoms with Crippen LogP contribution in [0.4, 0.5) is 13.8 Å². The quantitative estimate of drug-likeness (QED) is 0.540. The zero-order valence-corrected chi connectivity index (χ0v) is 15.7. The van der Waals surface area contributed by atoms with E-state index in [2.05, 4.69) is 0 Å². The number of nitriles is 1. The van der Waals surface area contributed by atoms with Crippen LogP contribution in [0.25, 0.3) is 0 Å². The Kier molecular flexibility index (Phi) is 7.15. The van der Waals surface area contributed by atoms with Gasteiger partial charge in [-0.15, -0.1) is 11.3 Å². The summed E-state index contributed by atoms with van der Waals surface area (Å²) in [4.78, 5) is 24.6. The monoisotopic (exact) mass is 412 g/mol. The van der Waals surface area contributed by atoms with E-state index in [0.29, 0.717) is 16.7 Å². The maximum atomic E-state index is 12.3. The number of halogens is 2. The molecule has 142 valence electrons. The highest BCUT2D eigenvalue weighted by atomic mass is 32.2. The summed E-state index contributed by atoms with van der Waals surface area (Å²) in [5.74, 6) is -3.94. The van der Waals surface area contributed by atoms with Gasteiger partial charge in [0.25, 0.3) is 5.76 Å². The van der Waals surface area contributed by atoms with Crippen molar-refractivity contribution in [2.75, 3.05) is 12.3 Å². The van der Waals surface area contributed by atoms with E-state index in [1.54, 1.807) is 6.92 Å². The van der Waals surface area contributed by atoms with Gasteiger partial charge in [0.2, 0.25) is 0 Å². The maximum Gasteiger partial charge on any atom is 0.348 e. The van der Waals surface area contributed by atoms with Crippen molar-refractivity contribution in [1.82, 2.24) is 0 Å². The molecule has 10 heteroatoms. The van der Waals surface area contributed by atoms with E-state index in [1.807, 2.05) is 6.07 Å². The first-order chi connectivity index (χ1) is 12.9. The highest BCUT2D eigenvalue weighted by Crippen LogP contribution is 2.32. The van der Waals surface area contributed by atoms with Crippen molar-refractivity contribution in [3.8, 4) is 6.07 Å². The number of carbonyl (C=O) groups is 2. The third-order valence-electron chi connectivity index (χ3n) is 3.27. The number of carbonyl (C=O) groups excluding carboxylic acids is 2. The van der Waals surface area contributed by atoms with Gasteiger partial charge in [0, 0.05) is 10.5 Å². The molecule has 6 nitrogen and oxygen atoms in total. The molecule has 0 aliphatic heterocycles. The molecule has 0 amide bonds. The predicted octanol–water partition coefficient (Wildman–Crippen LogP) is 4.05. The van der Waals surface area contributed by atoms with E-state index in [9.17, 15) is 23.6 Å². The fraction of sp³-hybridized carbons (Fsp3) is 0.235. The van der Waals surface area contributed by atoms with E-state index >= 15 is 0 Å². The van der Waals surface area contributed by atoms with Gasteiger partial charge in [-0.3, -0.25) is 0 Å². The van der Waals surface area contributed by atoms with Crippen LogP contribution >= 0.6 is 23.1 Å². The molecule has 27 heavy (non-hydrogen) atoms. The van der Waals surface area contributed by atoms with Crippen LogP contribution in [0, 0.1) is 11.3 Å². The average Bonchev–Trinajstić information content (AvgIpc) is 2.95. The number of rotatable bonds is 7. The Hall–Kier alpha value is -2.64. The number of hydrogen-bond donors (Lipinski definition) is 1.